The van der Waals surface area contributed by atoms with E-state index >= 15 is 0 Å². The van der Waals surface area contributed by atoms with Crippen molar-refractivity contribution in [1.29, 1.82) is 0 Å². The molecule has 130 valence electrons. The zero-order valence-corrected chi connectivity index (χ0v) is 14.1. The van der Waals surface area contributed by atoms with Crippen molar-refractivity contribution >= 4 is 11.8 Å². The number of hydrogen-bond acceptors (Lipinski definition) is 4. The van der Waals surface area contributed by atoms with Crippen LogP contribution >= 0.6 is 0 Å². The first kappa shape index (κ1) is 15.7. The molecule has 25 heavy (non-hydrogen) atoms. The summed E-state index contributed by atoms with van der Waals surface area (Å²) in [5.74, 6) is 1.49. The minimum atomic E-state index is -0.474. The van der Waals surface area contributed by atoms with Crippen LogP contribution in [0.25, 0.3) is 0 Å². The minimum absolute atomic E-state index is 0.0963. The second-order valence-electron chi connectivity index (χ2n) is 6.67. The molecule has 0 atom stereocenters. The molecule has 0 aliphatic carbocycles. The van der Waals surface area contributed by atoms with Crippen LogP contribution < -0.4 is 10.1 Å². The Balaban J connectivity index is 1.49. The lowest BCUT2D eigenvalue weighted by Gasteiger charge is -2.40. The molecule has 4 rings (SSSR count). The number of para-hydroxylation sites is 1. The Bertz CT molecular complexity index is 818. The molecule has 0 bridgehead atoms. The van der Waals surface area contributed by atoms with Crippen LogP contribution in [0.2, 0.25) is 0 Å². The van der Waals surface area contributed by atoms with Crippen LogP contribution in [0.15, 0.2) is 40.8 Å². The van der Waals surface area contributed by atoms with Gasteiger partial charge < -0.3 is 19.4 Å². The molecule has 0 unspecified atom stereocenters. The Hall–Kier alpha value is -2.76. The molecule has 2 aromatic rings. The van der Waals surface area contributed by atoms with E-state index in [9.17, 15) is 9.59 Å². The molecule has 1 saturated heterocycles. The van der Waals surface area contributed by atoms with Gasteiger partial charge in [-0.2, -0.15) is 0 Å². The second-order valence-corrected chi connectivity index (χ2v) is 6.67. The maximum Gasteiger partial charge on any atom is 0.289 e. The lowest BCUT2D eigenvalue weighted by molar-refractivity contribution is 0.00667. The zero-order chi connectivity index (χ0) is 17.4. The van der Waals surface area contributed by atoms with Gasteiger partial charge in [-0.15, -0.1) is 0 Å². The summed E-state index contributed by atoms with van der Waals surface area (Å²) in [6.07, 6.45) is 1.32. The van der Waals surface area contributed by atoms with Crippen molar-refractivity contribution in [3.8, 4) is 5.75 Å². The van der Waals surface area contributed by atoms with Gasteiger partial charge in [0.15, 0.2) is 5.76 Å². The van der Waals surface area contributed by atoms with Crippen LogP contribution in [-0.4, -0.2) is 41.9 Å². The van der Waals surface area contributed by atoms with Gasteiger partial charge in [0.25, 0.3) is 11.8 Å². The number of amides is 2. The van der Waals surface area contributed by atoms with E-state index in [0.717, 1.165) is 5.76 Å². The molecule has 1 aromatic heterocycles. The highest BCUT2D eigenvalue weighted by atomic mass is 16.5. The third kappa shape index (κ3) is 2.88. The first-order valence-electron chi connectivity index (χ1n) is 8.48. The first-order chi connectivity index (χ1) is 12.1. The average molecular weight is 340 g/mol. The molecule has 0 saturated carbocycles. The summed E-state index contributed by atoms with van der Waals surface area (Å²) in [7, 11) is 0. The third-order valence-electron chi connectivity index (χ3n) is 4.94. The second kappa shape index (κ2) is 5.95. The lowest BCUT2D eigenvalue weighted by atomic mass is 9.90. The standard InChI is InChI=1S/C19H20N2O4/c1-13-6-7-16(24-13)18(23)21-10-8-19(9-11-21)12-20-17(22)14-4-2-3-5-15(14)25-19/h2-7H,8-12H2,1H3,(H,20,22). The molecule has 2 amide bonds. The number of ether oxygens (including phenoxy) is 1. The highest BCUT2D eigenvalue weighted by molar-refractivity contribution is 5.97. The van der Waals surface area contributed by atoms with Gasteiger partial charge in [-0.25, -0.2) is 0 Å². The minimum Gasteiger partial charge on any atom is -0.484 e. The van der Waals surface area contributed by atoms with E-state index in [-0.39, 0.29) is 11.8 Å². The smallest absolute Gasteiger partial charge is 0.289 e. The molecule has 2 aliphatic rings. The zero-order valence-electron chi connectivity index (χ0n) is 14.1. The number of aryl methyl sites for hydroxylation is 1. The number of rotatable bonds is 1. The van der Waals surface area contributed by atoms with Crippen molar-refractivity contribution in [3.05, 3.63) is 53.5 Å². The Labute approximate surface area is 145 Å². The van der Waals surface area contributed by atoms with Gasteiger partial charge >= 0.3 is 0 Å². The normalized spacial score (nSPS) is 18.9. The number of fused-ring (bicyclic) bond motifs is 1. The van der Waals surface area contributed by atoms with Gasteiger partial charge in [0.05, 0.1) is 12.1 Å². The summed E-state index contributed by atoms with van der Waals surface area (Å²) in [6.45, 7) is 3.40. The summed E-state index contributed by atoms with van der Waals surface area (Å²) in [5.41, 5.74) is 0.0851. The van der Waals surface area contributed by atoms with Gasteiger partial charge in [0.2, 0.25) is 0 Å². The third-order valence-corrected chi connectivity index (χ3v) is 4.94. The van der Waals surface area contributed by atoms with Crippen LogP contribution in [0.5, 0.6) is 5.75 Å². The monoisotopic (exact) mass is 340 g/mol. The van der Waals surface area contributed by atoms with E-state index in [1.807, 2.05) is 25.1 Å². The molecule has 1 N–H and O–H groups in total. The van der Waals surface area contributed by atoms with E-state index in [1.165, 1.54) is 0 Å². The van der Waals surface area contributed by atoms with Crippen LogP contribution in [0, 0.1) is 6.92 Å². The number of carbonyl (C=O) groups excluding carboxylic acids is 2. The fraction of sp³-hybridized carbons (Fsp3) is 0.368. The molecule has 3 heterocycles. The van der Waals surface area contributed by atoms with Gasteiger partial charge in [0, 0.05) is 25.9 Å². The van der Waals surface area contributed by atoms with Crippen LogP contribution in [0.1, 0.15) is 39.5 Å². The molecule has 1 aromatic carbocycles. The largest absolute Gasteiger partial charge is 0.484 e. The fourth-order valence-corrected chi connectivity index (χ4v) is 3.45. The van der Waals surface area contributed by atoms with Gasteiger partial charge in [-0.1, -0.05) is 12.1 Å². The summed E-state index contributed by atoms with van der Waals surface area (Å²) in [4.78, 5) is 26.5. The van der Waals surface area contributed by atoms with E-state index in [4.69, 9.17) is 9.15 Å². The van der Waals surface area contributed by atoms with Crippen molar-refractivity contribution in [2.24, 2.45) is 0 Å². The topological polar surface area (TPSA) is 71.8 Å². The average Bonchev–Trinajstić information content (AvgIpc) is 3.01. The molecule has 1 fully saturated rings. The highest BCUT2D eigenvalue weighted by Gasteiger charge is 2.41. The number of nitrogens with one attached hydrogen (secondary N) is 1. The van der Waals surface area contributed by atoms with Crippen molar-refractivity contribution in [3.63, 3.8) is 0 Å². The Morgan fingerprint density at radius 1 is 1.16 bits per heavy atom. The molecular weight excluding hydrogens is 320 g/mol. The lowest BCUT2D eigenvalue weighted by Crippen LogP contribution is -2.54. The number of hydrogen-bond donors (Lipinski definition) is 1. The molecular formula is C19H20N2O4. The number of carbonyl (C=O) groups is 2. The summed E-state index contributed by atoms with van der Waals surface area (Å²) < 4.78 is 11.7. The molecule has 6 nitrogen and oxygen atoms in total. The summed E-state index contributed by atoms with van der Waals surface area (Å²) >= 11 is 0. The predicted octanol–water partition coefficient (Wildman–Crippen LogP) is 2.39. The Morgan fingerprint density at radius 2 is 1.92 bits per heavy atom. The number of likely N-dealkylation sites (tertiary alicyclic amines) is 1. The maximum atomic E-state index is 12.5. The van der Waals surface area contributed by atoms with Gasteiger partial charge in [-0.05, 0) is 31.2 Å². The molecule has 0 radical (unpaired) electrons. The van der Waals surface area contributed by atoms with Crippen molar-refractivity contribution in [2.75, 3.05) is 19.6 Å². The number of piperidine rings is 1. The number of nitrogens with zero attached hydrogens (tertiary/aromatic N) is 1. The van der Waals surface area contributed by atoms with Gasteiger partial charge in [-0.3, -0.25) is 9.59 Å². The van der Waals surface area contributed by atoms with Crippen LogP contribution in [0.4, 0.5) is 0 Å². The van der Waals surface area contributed by atoms with Gasteiger partial charge in [0.1, 0.15) is 17.1 Å². The fourth-order valence-electron chi connectivity index (χ4n) is 3.45. The Morgan fingerprint density at radius 3 is 2.64 bits per heavy atom. The highest BCUT2D eigenvalue weighted by Crippen LogP contribution is 2.33. The molecule has 1 spiro atoms. The number of furan rings is 1. The van der Waals surface area contributed by atoms with Crippen molar-refractivity contribution < 1.29 is 18.7 Å². The van der Waals surface area contributed by atoms with Crippen LogP contribution in [-0.2, 0) is 0 Å². The van der Waals surface area contributed by atoms with E-state index in [2.05, 4.69) is 5.32 Å². The first-order valence-corrected chi connectivity index (χ1v) is 8.48. The van der Waals surface area contributed by atoms with Crippen molar-refractivity contribution in [1.82, 2.24) is 10.2 Å². The van der Waals surface area contributed by atoms with E-state index < -0.39 is 5.60 Å². The van der Waals surface area contributed by atoms with E-state index in [1.54, 1.807) is 23.1 Å². The summed E-state index contributed by atoms with van der Waals surface area (Å²) in [5, 5.41) is 2.95. The van der Waals surface area contributed by atoms with Crippen molar-refractivity contribution in [2.45, 2.75) is 25.4 Å². The summed E-state index contributed by atoms with van der Waals surface area (Å²) in [6, 6.07) is 10.8. The number of benzene rings is 1. The Kier molecular flexibility index (Phi) is 3.75. The predicted molar refractivity (Wildman–Crippen MR) is 90.7 cm³/mol. The SMILES string of the molecule is Cc1ccc(C(=O)N2CCC3(CC2)CNC(=O)c2ccccc2O3)o1. The molecule has 2 aliphatic heterocycles. The maximum absolute atomic E-state index is 12.5. The quantitative estimate of drug-likeness (QED) is 0.865. The van der Waals surface area contributed by atoms with Crippen LogP contribution in [0.3, 0.4) is 0 Å². The molecule has 6 heteroatoms. The van der Waals surface area contributed by atoms with E-state index in [0.29, 0.717) is 49.5 Å².